The summed E-state index contributed by atoms with van der Waals surface area (Å²) in [4.78, 5) is 11.7. The Bertz CT molecular complexity index is 970. The second-order valence-electron chi connectivity index (χ2n) is 7.70. The third kappa shape index (κ3) is 4.06. The molecule has 1 saturated carbocycles. The molecule has 27 heavy (non-hydrogen) atoms. The molecule has 1 aromatic carbocycles. The molecule has 0 spiro atoms. The van der Waals surface area contributed by atoms with Gasteiger partial charge >= 0.3 is 0 Å². The van der Waals surface area contributed by atoms with Gasteiger partial charge in [0.15, 0.2) is 0 Å². The first kappa shape index (κ1) is 18.2. The second kappa shape index (κ2) is 6.76. The smallest absolute Gasteiger partial charge is 0.238 e. The third-order valence-electron chi connectivity index (χ3n) is 4.99. The monoisotopic (exact) mass is 387 g/mol. The van der Waals surface area contributed by atoms with Gasteiger partial charge < -0.3 is 10.2 Å². The number of nitrogens with one attached hydrogen (secondary N) is 1. The molecule has 0 saturated heterocycles. The Hall–Kier alpha value is -2.19. The maximum absolute atomic E-state index is 11.7. The molecule has 1 aromatic heterocycles. The van der Waals surface area contributed by atoms with Crippen molar-refractivity contribution in [3.8, 4) is 0 Å². The number of aromatic nitrogens is 2. The van der Waals surface area contributed by atoms with Crippen molar-refractivity contribution in [2.24, 2.45) is 5.14 Å². The lowest BCUT2D eigenvalue weighted by Crippen LogP contribution is -2.32. The van der Waals surface area contributed by atoms with E-state index in [2.05, 4.69) is 35.1 Å². The van der Waals surface area contributed by atoms with Crippen LogP contribution in [-0.4, -0.2) is 31.0 Å². The number of rotatable bonds is 5. The molecule has 7 nitrogen and oxygen atoms in total. The quantitative estimate of drug-likeness (QED) is 0.817. The number of hydrogen-bond donors (Lipinski definition) is 2. The molecule has 2 aliphatic rings. The minimum atomic E-state index is -3.70. The van der Waals surface area contributed by atoms with Crippen LogP contribution in [0.25, 0.3) is 0 Å². The van der Waals surface area contributed by atoms with Crippen molar-refractivity contribution in [3.05, 3.63) is 41.1 Å². The number of nitrogens with zero attached hydrogens (tertiary/aromatic N) is 3. The van der Waals surface area contributed by atoms with Crippen molar-refractivity contribution in [1.82, 2.24) is 9.97 Å². The highest BCUT2D eigenvalue weighted by Crippen LogP contribution is 2.40. The van der Waals surface area contributed by atoms with Crippen LogP contribution in [0.1, 0.15) is 49.4 Å². The van der Waals surface area contributed by atoms with Crippen LogP contribution in [0.2, 0.25) is 0 Å². The van der Waals surface area contributed by atoms with E-state index < -0.39 is 10.0 Å². The Morgan fingerprint density at radius 1 is 1.19 bits per heavy atom. The van der Waals surface area contributed by atoms with Crippen LogP contribution in [0, 0.1) is 0 Å². The minimum Gasteiger partial charge on any atom is -0.352 e. The number of anilines is 2. The molecular formula is C19H25N5O2S. The summed E-state index contributed by atoms with van der Waals surface area (Å²) in [7, 11) is -3.70. The summed E-state index contributed by atoms with van der Waals surface area (Å²) < 4.78 is 23.4. The first-order chi connectivity index (χ1) is 12.8. The van der Waals surface area contributed by atoms with E-state index in [1.807, 2.05) is 6.07 Å². The fourth-order valence-electron chi connectivity index (χ4n) is 3.43. The summed E-state index contributed by atoms with van der Waals surface area (Å²) in [6, 6.07) is 7.48. The Kier molecular flexibility index (Phi) is 4.55. The highest BCUT2D eigenvalue weighted by molar-refractivity contribution is 7.89. The molecule has 144 valence electrons. The lowest BCUT2D eigenvalue weighted by Gasteiger charge is -2.30. The van der Waals surface area contributed by atoms with Gasteiger partial charge in [0.25, 0.3) is 0 Å². The van der Waals surface area contributed by atoms with Crippen LogP contribution >= 0.6 is 0 Å². The van der Waals surface area contributed by atoms with E-state index in [4.69, 9.17) is 10.1 Å². The van der Waals surface area contributed by atoms with Gasteiger partial charge in [0.2, 0.25) is 16.0 Å². The predicted octanol–water partition coefficient (Wildman–Crippen LogP) is 2.38. The average molecular weight is 388 g/mol. The molecule has 1 aliphatic carbocycles. The Balaban J connectivity index is 1.65. The zero-order chi connectivity index (χ0) is 19.2. The molecule has 1 fully saturated rings. The molecule has 4 rings (SSSR count). The van der Waals surface area contributed by atoms with E-state index in [0.29, 0.717) is 18.4 Å². The number of primary sulfonamides is 1. The molecule has 1 aliphatic heterocycles. The largest absolute Gasteiger partial charge is 0.352 e. The Morgan fingerprint density at radius 3 is 2.63 bits per heavy atom. The van der Waals surface area contributed by atoms with Crippen molar-refractivity contribution in [2.45, 2.75) is 56.5 Å². The van der Waals surface area contributed by atoms with Gasteiger partial charge in [0, 0.05) is 31.1 Å². The van der Waals surface area contributed by atoms with Crippen molar-refractivity contribution < 1.29 is 8.42 Å². The maximum atomic E-state index is 11.7. The van der Waals surface area contributed by atoms with Crippen molar-refractivity contribution in [1.29, 1.82) is 0 Å². The zero-order valence-corrected chi connectivity index (χ0v) is 16.5. The van der Waals surface area contributed by atoms with Gasteiger partial charge in [0.1, 0.15) is 5.82 Å². The van der Waals surface area contributed by atoms with Gasteiger partial charge in [-0.3, -0.25) is 0 Å². The summed E-state index contributed by atoms with van der Waals surface area (Å²) in [5, 5.41) is 8.60. The molecule has 0 unspecified atom stereocenters. The molecule has 2 aromatic rings. The molecule has 0 amide bonds. The maximum Gasteiger partial charge on any atom is 0.238 e. The second-order valence-corrected chi connectivity index (χ2v) is 9.26. The van der Waals surface area contributed by atoms with Crippen LogP contribution < -0.4 is 15.4 Å². The first-order valence-electron chi connectivity index (χ1n) is 9.34. The number of hydrogen-bond acceptors (Lipinski definition) is 6. The summed E-state index contributed by atoms with van der Waals surface area (Å²) >= 11 is 0. The average Bonchev–Trinajstić information content (AvgIpc) is 3.44. The molecule has 8 heteroatoms. The fraction of sp³-hybridized carbons (Fsp3) is 0.474. The number of fused-ring (bicyclic) bond motifs is 1. The topological polar surface area (TPSA) is 101 Å². The van der Waals surface area contributed by atoms with Gasteiger partial charge in [-0.25, -0.2) is 18.5 Å². The van der Waals surface area contributed by atoms with Crippen LogP contribution in [0.15, 0.2) is 29.2 Å². The van der Waals surface area contributed by atoms with Gasteiger partial charge in [-0.1, -0.05) is 6.07 Å². The summed E-state index contributed by atoms with van der Waals surface area (Å²) in [6.45, 7) is 5.59. The number of benzene rings is 1. The van der Waals surface area contributed by atoms with E-state index in [9.17, 15) is 8.42 Å². The van der Waals surface area contributed by atoms with Crippen molar-refractivity contribution in [3.63, 3.8) is 0 Å². The van der Waals surface area contributed by atoms with E-state index >= 15 is 0 Å². The number of nitrogens with two attached hydrogens (primary N) is 1. The zero-order valence-electron chi connectivity index (χ0n) is 15.6. The molecule has 2 heterocycles. The Labute approximate surface area is 160 Å². The van der Waals surface area contributed by atoms with Gasteiger partial charge in [0.05, 0.1) is 10.6 Å². The fourth-order valence-corrected chi connectivity index (χ4v) is 4.00. The van der Waals surface area contributed by atoms with E-state index in [1.54, 1.807) is 12.1 Å². The van der Waals surface area contributed by atoms with Crippen LogP contribution in [-0.2, 0) is 23.0 Å². The Morgan fingerprint density at radius 2 is 1.96 bits per heavy atom. The first-order valence-corrected chi connectivity index (χ1v) is 10.9. The predicted molar refractivity (Wildman–Crippen MR) is 105 cm³/mol. The van der Waals surface area contributed by atoms with Crippen LogP contribution in [0.5, 0.6) is 0 Å². The van der Waals surface area contributed by atoms with Crippen molar-refractivity contribution in [2.75, 3.05) is 16.8 Å². The normalized spacial score (nSPS) is 17.1. The number of sulfonamides is 1. The lowest BCUT2D eigenvalue weighted by molar-refractivity contribution is 0.597. The highest BCUT2D eigenvalue weighted by atomic mass is 32.2. The lowest BCUT2D eigenvalue weighted by atomic mass is 10.00. The van der Waals surface area contributed by atoms with Gasteiger partial charge in [-0.2, -0.15) is 4.98 Å². The summed E-state index contributed by atoms with van der Waals surface area (Å²) in [5.74, 6) is 2.08. The molecule has 0 atom stereocenters. The third-order valence-corrected chi connectivity index (χ3v) is 5.90. The van der Waals surface area contributed by atoms with Crippen LogP contribution in [0.3, 0.4) is 0 Å². The van der Waals surface area contributed by atoms with E-state index in [1.165, 1.54) is 12.8 Å². The van der Waals surface area contributed by atoms with Crippen molar-refractivity contribution >= 4 is 21.8 Å². The highest BCUT2D eigenvalue weighted by Gasteiger charge is 2.28. The standard InChI is InChI=1S/C19H25N5O2S/c1-12(2)21-19-22-17(14-3-4-14)10-18(23-19)24-8-7-13-5-6-16(27(20,25)26)9-15(13)11-24/h5-6,9-10,12,14H,3-4,7-8,11H2,1-2H3,(H2,20,25,26)(H,21,22,23). The molecule has 3 N–H and O–H groups in total. The summed E-state index contributed by atoms with van der Waals surface area (Å²) in [6.07, 6.45) is 3.20. The van der Waals surface area contributed by atoms with Crippen LogP contribution in [0.4, 0.5) is 11.8 Å². The summed E-state index contributed by atoms with van der Waals surface area (Å²) in [5.41, 5.74) is 3.24. The van der Waals surface area contributed by atoms with Gasteiger partial charge in [-0.15, -0.1) is 0 Å². The van der Waals surface area contributed by atoms with E-state index in [0.717, 1.165) is 35.6 Å². The molecule has 0 radical (unpaired) electrons. The molecular weight excluding hydrogens is 362 g/mol. The minimum absolute atomic E-state index is 0.159. The van der Waals surface area contributed by atoms with E-state index in [-0.39, 0.29) is 10.9 Å². The molecule has 0 bridgehead atoms. The van der Waals surface area contributed by atoms with Gasteiger partial charge in [-0.05, 0) is 56.4 Å². The SMILES string of the molecule is CC(C)Nc1nc(C2CC2)cc(N2CCc3ccc(S(N)(=O)=O)cc3C2)n1.